The van der Waals surface area contributed by atoms with Crippen molar-refractivity contribution in [2.75, 3.05) is 0 Å². The third kappa shape index (κ3) is 3.30. The van der Waals surface area contributed by atoms with Gasteiger partial charge in [0.1, 0.15) is 11.9 Å². The number of fused-ring (bicyclic) bond motifs is 2. The summed E-state index contributed by atoms with van der Waals surface area (Å²) in [4.78, 5) is 45.3. The van der Waals surface area contributed by atoms with Gasteiger partial charge in [0.2, 0.25) is 0 Å². The number of para-hydroxylation sites is 2. The van der Waals surface area contributed by atoms with E-state index in [0.29, 0.717) is 11.3 Å². The second-order valence-electron chi connectivity index (χ2n) is 8.15. The average molecular weight is 414 g/mol. The number of ketones is 1. The topological polar surface area (TPSA) is 96.1 Å². The van der Waals surface area contributed by atoms with Crippen LogP contribution in [0.15, 0.2) is 48.5 Å². The largest absolute Gasteiger partial charge is 0.330 e. The lowest BCUT2D eigenvalue weighted by atomic mass is 9.91. The molecule has 0 fully saturated rings. The molecule has 0 unspecified atom stereocenters. The van der Waals surface area contributed by atoms with Crippen LogP contribution in [0.5, 0.6) is 0 Å². The van der Waals surface area contributed by atoms with Gasteiger partial charge in [0.25, 0.3) is 11.8 Å². The highest BCUT2D eigenvalue weighted by molar-refractivity contribution is 6.23. The molecule has 0 radical (unpaired) electrons. The molecule has 0 aliphatic carbocycles. The SMILES string of the molecule is CC(C)C[C@@H](C(=O)[C@@H](C#N)c1nc2ccccc2n1C)N1C(=O)c2ccccc2C1=O. The van der Waals surface area contributed by atoms with E-state index in [0.717, 1.165) is 10.4 Å². The monoisotopic (exact) mass is 414 g/mol. The van der Waals surface area contributed by atoms with Gasteiger partial charge in [-0.15, -0.1) is 0 Å². The summed E-state index contributed by atoms with van der Waals surface area (Å²) >= 11 is 0. The number of benzene rings is 2. The lowest BCUT2D eigenvalue weighted by Gasteiger charge is -2.28. The summed E-state index contributed by atoms with van der Waals surface area (Å²) in [5, 5.41) is 9.92. The highest BCUT2D eigenvalue weighted by atomic mass is 16.2. The summed E-state index contributed by atoms with van der Waals surface area (Å²) in [6.07, 6.45) is 0.270. The van der Waals surface area contributed by atoms with E-state index in [4.69, 9.17) is 0 Å². The maximum atomic E-state index is 13.6. The highest BCUT2D eigenvalue weighted by Crippen LogP contribution is 2.31. The summed E-state index contributed by atoms with van der Waals surface area (Å²) < 4.78 is 1.72. The Hall–Kier alpha value is -3.79. The number of nitrogens with zero attached hydrogens (tertiary/aromatic N) is 4. The molecule has 1 aliphatic rings. The first kappa shape index (κ1) is 20.5. The number of Topliss-reactive ketones (excluding diaryl/α,β-unsaturated/α-hetero) is 1. The van der Waals surface area contributed by atoms with E-state index in [1.165, 1.54) is 0 Å². The molecule has 7 nitrogen and oxygen atoms in total. The molecular weight excluding hydrogens is 392 g/mol. The number of carbonyl (C=O) groups excluding carboxylic acids is 3. The molecule has 3 aromatic rings. The fourth-order valence-electron chi connectivity index (χ4n) is 4.15. The van der Waals surface area contributed by atoms with Crippen molar-refractivity contribution < 1.29 is 14.4 Å². The standard InChI is InChI=1S/C24H22N4O3/c1-14(2)12-20(28-23(30)15-8-4-5-9-16(15)24(28)31)21(29)17(13-25)22-26-18-10-6-7-11-19(18)27(22)3/h4-11,14,17,20H,12H2,1-3H3/t17-,20+/m1/s1. The molecule has 0 saturated carbocycles. The number of hydrogen-bond donors (Lipinski definition) is 0. The Morgan fingerprint density at radius 2 is 1.61 bits per heavy atom. The van der Waals surface area contributed by atoms with Crippen LogP contribution in [0, 0.1) is 17.2 Å². The minimum absolute atomic E-state index is 0.0260. The Bertz CT molecular complexity index is 1220. The molecule has 1 aliphatic heterocycles. The number of imide groups is 1. The van der Waals surface area contributed by atoms with Crippen molar-refractivity contribution in [2.45, 2.75) is 32.2 Å². The zero-order valence-corrected chi connectivity index (χ0v) is 17.6. The number of rotatable bonds is 6. The highest BCUT2D eigenvalue weighted by Gasteiger charge is 2.45. The van der Waals surface area contributed by atoms with E-state index in [-0.39, 0.29) is 23.5 Å². The first-order chi connectivity index (χ1) is 14.8. The zero-order chi connectivity index (χ0) is 22.3. The van der Waals surface area contributed by atoms with Gasteiger partial charge in [0.15, 0.2) is 11.7 Å². The Kier molecular flexibility index (Phi) is 5.15. The molecule has 2 amide bonds. The third-order valence-electron chi connectivity index (χ3n) is 5.65. The predicted octanol–water partition coefficient (Wildman–Crippen LogP) is 3.46. The van der Waals surface area contributed by atoms with Crippen LogP contribution in [0.3, 0.4) is 0 Å². The first-order valence-corrected chi connectivity index (χ1v) is 10.2. The number of aryl methyl sites for hydroxylation is 1. The van der Waals surface area contributed by atoms with Gasteiger partial charge >= 0.3 is 0 Å². The van der Waals surface area contributed by atoms with E-state index >= 15 is 0 Å². The van der Waals surface area contributed by atoms with Crippen molar-refractivity contribution >= 4 is 28.6 Å². The molecule has 2 aromatic carbocycles. The minimum atomic E-state index is -1.20. The van der Waals surface area contributed by atoms with Gasteiger partial charge in [-0.3, -0.25) is 19.3 Å². The van der Waals surface area contributed by atoms with Crippen LogP contribution in [0.4, 0.5) is 0 Å². The lowest BCUT2D eigenvalue weighted by molar-refractivity contribution is -0.123. The molecule has 0 saturated heterocycles. The maximum absolute atomic E-state index is 13.6. The molecule has 2 heterocycles. The first-order valence-electron chi connectivity index (χ1n) is 10.2. The Morgan fingerprint density at radius 1 is 1.03 bits per heavy atom. The van der Waals surface area contributed by atoms with Crippen LogP contribution in [-0.4, -0.2) is 38.1 Å². The molecular formula is C24H22N4O3. The van der Waals surface area contributed by atoms with Gasteiger partial charge < -0.3 is 4.57 Å². The molecule has 4 rings (SSSR count). The van der Waals surface area contributed by atoms with Gasteiger partial charge in [-0.2, -0.15) is 5.26 Å². The van der Waals surface area contributed by atoms with Gasteiger partial charge in [0.05, 0.1) is 28.2 Å². The molecule has 1 aromatic heterocycles. The Morgan fingerprint density at radius 3 is 2.16 bits per heavy atom. The van der Waals surface area contributed by atoms with Crippen molar-refractivity contribution in [3.63, 3.8) is 0 Å². The van der Waals surface area contributed by atoms with E-state index in [1.54, 1.807) is 35.9 Å². The number of hydrogen-bond acceptors (Lipinski definition) is 5. The molecule has 156 valence electrons. The molecule has 31 heavy (non-hydrogen) atoms. The summed E-state index contributed by atoms with van der Waals surface area (Å²) in [6.45, 7) is 3.82. The van der Waals surface area contributed by atoms with E-state index in [1.807, 2.05) is 38.1 Å². The van der Waals surface area contributed by atoms with E-state index in [2.05, 4.69) is 11.1 Å². The van der Waals surface area contributed by atoms with Crippen molar-refractivity contribution in [1.29, 1.82) is 5.26 Å². The molecule has 0 bridgehead atoms. The molecule has 0 spiro atoms. The van der Waals surface area contributed by atoms with Crippen LogP contribution in [0.25, 0.3) is 11.0 Å². The van der Waals surface area contributed by atoms with Crippen molar-refractivity contribution in [1.82, 2.24) is 14.5 Å². The van der Waals surface area contributed by atoms with E-state index < -0.39 is 29.6 Å². The fraction of sp³-hybridized carbons (Fsp3) is 0.292. The summed E-state index contributed by atoms with van der Waals surface area (Å²) in [5.74, 6) is -2.37. The van der Waals surface area contributed by atoms with Crippen LogP contribution < -0.4 is 0 Å². The number of nitriles is 1. The predicted molar refractivity (Wildman–Crippen MR) is 114 cm³/mol. The molecule has 7 heteroatoms. The van der Waals surface area contributed by atoms with Crippen molar-refractivity contribution in [3.8, 4) is 6.07 Å². The van der Waals surface area contributed by atoms with Crippen LogP contribution >= 0.6 is 0 Å². The summed E-state index contributed by atoms with van der Waals surface area (Å²) in [5.41, 5.74) is 2.04. The quantitative estimate of drug-likeness (QED) is 0.576. The van der Waals surface area contributed by atoms with Crippen LogP contribution in [0.2, 0.25) is 0 Å². The van der Waals surface area contributed by atoms with Gasteiger partial charge in [0, 0.05) is 7.05 Å². The van der Waals surface area contributed by atoms with E-state index in [9.17, 15) is 19.6 Å². The van der Waals surface area contributed by atoms with Crippen LogP contribution in [0.1, 0.15) is 52.7 Å². The van der Waals surface area contributed by atoms with Crippen molar-refractivity contribution in [2.24, 2.45) is 13.0 Å². The molecule has 2 atom stereocenters. The summed E-state index contributed by atoms with van der Waals surface area (Å²) in [7, 11) is 1.75. The number of carbonyl (C=O) groups is 3. The lowest BCUT2D eigenvalue weighted by Crippen LogP contribution is -2.47. The number of imidazole rings is 1. The fourth-order valence-corrected chi connectivity index (χ4v) is 4.15. The van der Waals surface area contributed by atoms with Crippen molar-refractivity contribution in [3.05, 3.63) is 65.5 Å². The average Bonchev–Trinajstić information content (AvgIpc) is 3.22. The maximum Gasteiger partial charge on any atom is 0.262 e. The smallest absolute Gasteiger partial charge is 0.262 e. The number of amides is 2. The zero-order valence-electron chi connectivity index (χ0n) is 17.6. The van der Waals surface area contributed by atoms with Gasteiger partial charge in [-0.25, -0.2) is 4.98 Å². The third-order valence-corrected chi connectivity index (χ3v) is 5.65. The van der Waals surface area contributed by atoms with Gasteiger partial charge in [-0.1, -0.05) is 38.1 Å². The molecule has 0 N–H and O–H groups in total. The second-order valence-corrected chi connectivity index (χ2v) is 8.15. The van der Waals surface area contributed by atoms with Gasteiger partial charge in [-0.05, 0) is 36.6 Å². The minimum Gasteiger partial charge on any atom is -0.330 e. The Balaban J connectivity index is 1.76. The second kappa shape index (κ2) is 7.80. The Labute approximate surface area is 179 Å². The normalized spacial score (nSPS) is 15.3. The summed E-state index contributed by atoms with van der Waals surface area (Å²) in [6, 6.07) is 14.9. The van der Waals surface area contributed by atoms with Crippen LogP contribution in [-0.2, 0) is 11.8 Å². The number of aromatic nitrogens is 2.